The van der Waals surface area contributed by atoms with E-state index in [-0.39, 0.29) is 11.8 Å². The van der Waals surface area contributed by atoms with E-state index in [9.17, 15) is 4.79 Å². The summed E-state index contributed by atoms with van der Waals surface area (Å²) < 4.78 is 0. The van der Waals surface area contributed by atoms with Gasteiger partial charge in [-0.25, -0.2) is 0 Å². The number of nitrogens with two attached hydrogens (primary N) is 1. The van der Waals surface area contributed by atoms with Gasteiger partial charge in [0.05, 0.1) is 5.56 Å². The molecule has 1 aliphatic rings. The number of hydrogen-bond donors (Lipinski definition) is 1. The molecule has 0 aliphatic carbocycles. The lowest BCUT2D eigenvalue weighted by atomic mass is 9.99. The third-order valence-corrected chi connectivity index (χ3v) is 6.10. The summed E-state index contributed by atoms with van der Waals surface area (Å²) in [5, 5.41) is 0.888. The monoisotopic (exact) mass is 360 g/mol. The zero-order valence-corrected chi connectivity index (χ0v) is 15.4. The summed E-state index contributed by atoms with van der Waals surface area (Å²) in [5.74, 6) is -0.184. The Balaban J connectivity index is 1.80. The van der Waals surface area contributed by atoms with Crippen molar-refractivity contribution in [1.29, 1.82) is 0 Å². The Labute approximate surface area is 157 Å². The van der Waals surface area contributed by atoms with E-state index in [0.29, 0.717) is 5.56 Å². The van der Waals surface area contributed by atoms with Gasteiger partial charge in [-0.15, -0.1) is 11.3 Å². The second-order valence-corrected chi connectivity index (χ2v) is 7.51. The molecular weight excluding hydrogens is 340 g/mol. The van der Waals surface area contributed by atoms with Crippen molar-refractivity contribution in [2.24, 2.45) is 5.73 Å². The van der Waals surface area contributed by atoms with Crippen molar-refractivity contribution < 1.29 is 4.79 Å². The van der Waals surface area contributed by atoms with Crippen LogP contribution in [0.25, 0.3) is 0 Å². The lowest BCUT2D eigenvalue weighted by Crippen LogP contribution is -2.18. The molecule has 130 valence electrons. The Morgan fingerprint density at radius 2 is 1.85 bits per heavy atom. The average Bonchev–Trinajstić information content (AvgIpc) is 3.13. The molecule has 1 atom stereocenters. The third-order valence-electron chi connectivity index (χ3n) is 4.79. The van der Waals surface area contributed by atoms with Crippen LogP contribution in [0.4, 0.5) is 10.7 Å². The molecule has 1 unspecified atom stereocenters. The molecule has 1 amide bonds. The number of para-hydroxylation sites is 1. The molecule has 1 aromatic heterocycles. The van der Waals surface area contributed by atoms with Crippen molar-refractivity contribution in [3.63, 3.8) is 0 Å². The van der Waals surface area contributed by atoms with Crippen LogP contribution >= 0.6 is 11.3 Å². The third kappa shape index (κ3) is 2.93. The molecule has 0 saturated carbocycles. The van der Waals surface area contributed by atoms with Crippen LogP contribution < -0.4 is 10.6 Å². The number of carbonyl (C=O) groups is 1. The minimum Gasteiger partial charge on any atom is -0.366 e. The van der Waals surface area contributed by atoms with E-state index in [2.05, 4.69) is 42.2 Å². The van der Waals surface area contributed by atoms with Crippen molar-refractivity contribution in [2.75, 3.05) is 4.90 Å². The Kier molecular flexibility index (Phi) is 4.35. The smallest absolute Gasteiger partial charge is 0.251 e. The van der Waals surface area contributed by atoms with Gasteiger partial charge in [0.25, 0.3) is 5.91 Å². The molecule has 0 radical (unpaired) electrons. The van der Waals surface area contributed by atoms with Crippen molar-refractivity contribution in [1.82, 2.24) is 0 Å². The molecule has 3 aromatic rings. The van der Waals surface area contributed by atoms with E-state index >= 15 is 0 Å². The first kappa shape index (κ1) is 16.6. The number of hydrogen-bond acceptors (Lipinski definition) is 3. The van der Waals surface area contributed by atoms with Gasteiger partial charge in [-0.2, -0.15) is 0 Å². The highest BCUT2D eigenvalue weighted by molar-refractivity contribution is 7.16. The standard InChI is InChI=1S/C22H20N2OS/c1-15(16-8-3-2-4-9-16)20-14-18(21(23)25)22(26-20)24-13-7-11-17-10-5-6-12-19(17)24/h2-10,12-15H,11H2,1H3,(H2,23,25). The molecule has 2 N–H and O–H groups in total. The maximum Gasteiger partial charge on any atom is 0.251 e. The molecule has 3 nitrogen and oxygen atoms in total. The number of primary amides is 1. The van der Waals surface area contributed by atoms with Gasteiger partial charge in [0.15, 0.2) is 0 Å². The fourth-order valence-corrected chi connectivity index (χ4v) is 4.58. The predicted octanol–water partition coefficient (Wildman–Crippen LogP) is 5.21. The number of carbonyl (C=O) groups excluding carboxylic acids is 1. The number of amides is 1. The van der Waals surface area contributed by atoms with Crippen LogP contribution in [0.3, 0.4) is 0 Å². The molecule has 2 heterocycles. The average molecular weight is 360 g/mol. The lowest BCUT2D eigenvalue weighted by Gasteiger charge is -2.26. The molecule has 0 fully saturated rings. The van der Waals surface area contributed by atoms with E-state index in [0.717, 1.165) is 22.0 Å². The SMILES string of the molecule is CC(c1ccccc1)c1cc(C(N)=O)c(N2C=CCc3ccccc32)s1. The minimum absolute atomic E-state index is 0.206. The largest absolute Gasteiger partial charge is 0.366 e. The highest BCUT2D eigenvalue weighted by Gasteiger charge is 2.24. The topological polar surface area (TPSA) is 46.3 Å². The first-order valence-corrected chi connectivity index (χ1v) is 9.49. The summed E-state index contributed by atoms with van der Waals surface area (Å²) in [6.45, 7) is 2.16. The molecular formula is C22H20N2OS. The van der Waals surface area contributed by atoms with Crippen LogP contribution in [0.1, 0.15) is 39.2 Å². The van der Waals surface area contributed by atoms with E-state index in [1.54, 1.807) is 11.3 Å². The number of benzene rings is 2. The van der Waals surface area contributed by atoms with E-state index in [1.165, 1.54) is 11.1 Å². The van der Waals surface area contributed by atoms with Crippen molar-refractivity contribution in [3.8, 4) is 0 Å². The molecule has 4 rings (SSSR count). The van der Waals surface area contributed by atoms with Gasteiger partial charge in [0.2, 0.25) is 0 Å². The molecule has 0 bridgehead atoms. The number of allylic oxidation sites excluding steroid dienone is 1. The van der Waals surface area contributed by atoms with Crippen LogP contribution in [0, 0.1) is 0 Å². The van der Waals surface area contributed by atoms with Gasteiger partial charge in [-0.05, 0) is 29.7 Å². The fourth-order valence-electron chi connectivity index (χ4n) is 3.34. The van der Waals surface area contributed by atoms with Crippen LogP contribution in [-0.2, 0) is 6.42 Å². The summed E-state index contributed by atoms with van der Waals surface area (Å²) >= 11 is 1.63. The van der Waals surface area contributed by atoms with Crippen LogP contribution in [0.2, 0.25) is 0 Å². The number of fused-ring (bicyclic) bond motifs is 1. The van der Waals surface area contributed by atoms with Gasteiger partial charge in [-0.1, -0.05) is 61.5 Å². The van der Waals surface area contributed by atoms with E-state index in [1.807, 2.05) is 42.6 Å². The molecule has 2 aromatic carbocycles. The van der Waals surface area contributed by atoms with Gasteiger partial charge < -0.3 is 10.6 Å². The number of thiophene rings is 1. The Morgan fingerprint density at radius 1 is 1.12 bits per heavy atom. The first-order valence-electron chi connectivity index (χ1n) is 8.67. The summed E-state index contributed by atoms with van der Waals surface area (Å²) in [7, 11) is 0. The zero-order valence-electron chi connectivity index (χ0n) is 14.6. The predicted molar refractivity (Wildman–Crippen MR) is 108 cm³/mol. The van der Waals surface area contributed by atoms with Gasteiger partial charge in [0, 0.05) is 22.7 Å². The van der Waals surface area contributed by atoms with Crippen molar-refractivity contribution >= 4 is 27.9 Å². The maximum atomic E-state index is 12.1. The van der Waals surface area contributed by atoms with Crippen molar-refractivity contribution in [2.45, 2.75) is 19.3 Å². The summed E-state index contributed by atoms with van der Waals surface area (Å²) in [4.78, 5) is 15.4. The van der Waals surface area contributed by atoms with Gasteiger partial charge >= 0.3 is 0 Å². The summed E-state index contributed by atoms with van der Waals surface area (Å²) in [6, 6.07) is 20.6. The van der Waals surface area contributed by atoms with E-state index < -0.39 is 0 Å². The number of anilines is 2. The Bertz CT molecular complexity index is 975. The molecule has 26 heavy (non-hydrogen) atoms. The molecule has 1 aliphatic heterocycles. The minimum atomic E-state index is -0.390. The first-order chi connectivity index (χ1) is 12.6. The second-order valence-electron chi connectivity index (χ2n) is 6.45. The maximum absolute atomic E-state index is 12.1. The van der Waals surface area contributed by atoms with Gasteiger partial charge in [-0.3, -0.25) is 4.79 Å². The van der Waals surface area contributed by atoms with Crippen LogP contribution in [-0.4, -0.2) is 5.91 Å². The highest BCUT2D eigenvalue weighted by atomic mass is 32.1. The van der Waals surface area contributed by atoms with Crippen LogP contribution in [0.15, 0.2) is 72.9 Å². The highest BCUT2D eigenvalue weighted by Crippen LogP contribution is 2.42. The molecule has 0 saturated heterocycles. The van der Waals surface area contributed by atoms with Gasteiger partial charge in [0.1, 0.15) is 5.00 Å². The molecule has 4 heteroatoms. The summed E-state index contributed by atoms with van der Waals surface area (Å²) in [6.07, 6.45) is 5.06. The fraction of sp³-hybridized carbons (Fsp3) is 0.136. The quantitative estimate of drug-likeness (QED) is 0.694. The van der Waals surface area contributed by atoms with E-state index in [4.69, 9.17) is 5.73 Å². The Morgan fingerprint density at radius 3 is 2.62 bits per heavy atom. The second kappa shape index (κ2) is 6.81. The number of rotatable bonds is 4. The molecule has 0 spiro atoms. The summed E-state index contributed by atoms with van der Waals surface area (Å²) in [5.41, 5.74) is 9.87. The van der Waals surface area contributed by atoms with Crippen LogP contribution in [0.5, 0.6) is 0 Å². The van der Waals surface area contributed by atoms with Crippen molar-refractivity contribution in [3.05, 3.63) is 94.5 Å². The Hall–Kier alpha value is -2.85. The normalized spacial score (nSPS) is 14.1. The zero-order chi connectivity index (χ0) is 18.1. The number of nitrogens with zero attached hydrogens (tertiary/aromatic N) is 1. The lowest BCUT2D eigenvalue weighted by molar-refractivity contribution is 0.100.